The number of benzene rings is 2. The van der Waals surface area contributed by atoms with E-state index >= 15 is 0 Å². The van der Waals surface area contributed by atoms with Crippen LogP contribution in [0.15, 0.2) is 78.0 Å². The number of anilines is 1. The average Bonchev–Trinajstić information content (AvgIpc) is 3.03. The molecule has 0 saturated carbocycles. The standard InChI is InChI=1S/C22H20N4O/c27-22-20(19-5-1-2-6-21(19)26-22)15-25-18-9-7-17(8-10-18)24-13-11-16-4-3-12-23-14-16/h1-10,12,14-15,24,26-27H,11,13H2. The van der Waals surface area contributed by atoms with Crippen molar-refractivity contribution in [3.63, 3.8) is 0 Å². The van der Waals surface area contributed by atoms with E-state index in [1.807, 2.05) is 60.8 Å². The van der Waals surface area contributed by atoms with E-state index in [1.54, 1.807) is 12.4 Å². The number of hydrogen-bond acceptors (Lipinski definition) is 4. The summed E-state index contributed by atoms with van der Waals surface area (Å²) in [4.78, 5) is 11.6. The first-order chi connectivity index (χ1) is 13.3. The SMILES string of the molecule is Oc1[nH]c2ccccc2c1C=Nc1ccc(NCCc2cccnc2)cc1. The van der Waals surface area contributed by atoms with Gasteiger partial charge in [0, 0.05) is 41.7 Å². The fraction of sp³-hybridized carbons (Fsp3) is 0.0909. The van der Waals surface area contributed by atoms with Gasteiger partial charge in [0.2, 0.25) is 0 Å². The number of hydrogen-bond donors (Lipinski definition) is 3. The van der Waals surface area contributed by atoms with E-state index < -0.39 is 0 Å². The first kappa shape index (κ1) is 16.8. The largest absolute Gasteiger partial charge is 0.494 e. The molecule has 2 heterocycles. The van der Waals surface area contributed by atoms with Gasteiger partial charge in [-0.3, -0.25) is 9.98 Å². The predicted octanol–water partition coefficient (Wildman–Crippen LogP) is 4.67. The highest BCUT2D eigenvalue weighted by molar-refractivity contribution is 6.02. The molecule has 27 heavy (non-hydrogen) atoms. The summed E-state index contributed by atoms with van der Waals surface area (Å²) in [5, 5.41) is 14.4. The molecule has 2 aromatic heterocycles. The molecule has 0 fully saturated rings. The first-order valence-electron chi connectivity index (χ1n) is 8.86. The quantitative estimate of drug-likeness (QED) is 0.439. The van der Waals surface area contributed by atoms with E-state index in [2.05, 4.69) is 26.3 Å². The van der Waals surface area contributed by atoms with Crippen LogP contribution >= 0.6 is 0 Å². The van der Waals surface area contributed by atoms with Crippen LogP contribution in [0.1, 0.15) is 11.1 Å². The molecule has 3 N–H and O–H groups in total. The van der Waals surface area contributed by atoms with Gasteiger partial charge in [0.05, 0.1) is 11.3 Å². The molecule has 0 radical (unpaired) electrons. The number of para-hydroxylation sites is 1. The zero-order chi connectivity index (χ0) is 18.5. The Morgan fingerprint density at radius 1 is 1.04 bits per heavy atom. The summed E-state index contributed by atoms with van der Waals surface area (Å²) in [5.74, 6) is 0.133. The second-order valence-corrected chi connectivity index (χ2v) is 6.28. The summed E-state index contributed by atoms with van der Waals surface area (Å²) in [6, 6.07) is 19.7. The van der Waals surface area contributed by atoms with Gasteiger partial charge in [0.15, 0.2) is 5.88 Å². The van der Waals surface area contributed by atoms with Crippen molar-refractivity contribution in [3.05, 3.63) is 84.2 Å². The number of aromatic nitrogens is 2. The third-order valence-electron chi connectivity index (χ3n) is 4.40. The molecule has 0 atom stereocenters. The third kappa shape index (κ3) is 3.98. The highest BCUT2D eigenvalue weighted by Gasteiger charge is 2.07. The van der Waals surface area contributed by atoms with Gasteiger partial charge in [0.1, 0.15) is 0 Å². The summed E-state index contributed by atoms with van der Waals surface area (Å²) in [6.07, 6.45) is 6.29. The number of rotatable bonds is 6. The van der Waals surface area contributed by atoms with E-state index in [0.717, 1.165) is 35.2 Å². The Morgan fingerprint density at radius 3 is 2.70 bits per heavy atom. The van der Waals surface area contributed by atoms with Gasteiger partial charge < -0.3 is 15.4 Å². The maximum atomic E-state index is 10.1. The minimum absolute atomic E-state index is 0.133. The Morgan fingerprint density at radius 2 is 1.89 bits per heavy atom. The Bertz CT molecular complexity index is 1050. The second kappa shape index (κ2) is 7.74. The van der Waals surface area contributed by atoms with Crippen LogP contribution in [0.25, 0.3) is 10.9 Å². The zero-order valence-electron chi connectivity index (χ0n) is 14.8. The lowest BCUT2D eigenvalue weighted by molar-refractivity contribution is 0.457. The average molecular weight is 356 g/mol. The van der Waals surface area contributed by atoms with Gasteiger partial charge in [-0.05, 0) is 48.4 Å². The molecule has 2 aromatic carbocycles. The number of nitrogens with one attached hydrogen (secondary N) is 2. The topological polar surface area (TPSA) is 73.3 Å². The van der Waals surface area contributed by atoms with Crippen LogP contribution < -0.4 is 5.32 Å². The Labute approximate surface area is 157 Å². The van der Waals surface area contributed by atoms with Crippen LogP contribution in [-0.4, -0.2) is 27.8 Å². The molecule has 0 unspecified atom stereocenters. The number of aromatic amines is 1. The normalized spacial score (nSPS) is 11.3. The van der Waals surface area contributed by atoms with E-state index in [0.29, 0.717) is 5.56 Å². The lowest BCUT2D eigenvalue weighted by Crippen LogP contribution is -2.04. The summed E-state index contributed by atoms with van der Waals surface area (Å²) >= 11 is 0. The zero-order valence-corrected chi connectivity index (χ0v) is 14.8. The van der Waals surface area contributed by atoms with Crippen LogP contribution in [0.5, 0.6) is 5.88 Å². The van der Waals surface area contributed by atoms with Crippen molar-refractivity contribution in [1.29, 1.82) is 0 Å². The van der Waals surface area contributed by atoms with Crippen molar-refractivity contribution in [2.24, 2.45) is 4.99 Å². The van der Waals surface area contributed by atoms with E-state index in [-0.39, 0.29) is 5.88 Å². The fourth-order valence-corrected chi connectivity index (χ4v) is 2.98. The summed E-state index contributed by atoms with van der Waals surface area (Å²) in [5.41, 5.74) is 4.68. The minimum atomic E-state index is 0.133. The van der Waals surface area contributed by atoms with Crippen LogP contribution in [0, 0.1) is 0 Å². The number of pyridine rings is 1. The smallest absolute Gasteiger partial charge is 0.198 e. The van der Waals surface area contributed by atoms with Crippen molar-refractivity contribution >= 4 is 28.5 Å². The van der Waals surface area contributed by atoms with Crippen molar-refractivity contribution < 1.29 is 5.11 Å². The van der Waals surface area contributed by atoms with E-state index in [9.17, 15) is 5.11 Å². The van der Waals surface area contributed by atoms with Crippen molar-refractivity contribution in [2.45, 2.75) is 6.42 Å². The molecule has 0 aliphatic carbocycles. The molecule has 5 heteroatoms. The highest BCUT2D eigenvalue weighted by Crippen LogP contribution is 2.26. The Kier molecular flexibility index (Phi) is 4.83. The number of aromatic hydroxyl groups is 1. The number of nitrogens with zero attached hydrogens (tertiary/aromatic N) is 2. The molecule has 4 rings (SSSR count). The second-order valence-electron chi connectivity index (χ2n) is 6.28. The maximum Gasteiger partial charge on any atom is 0.198 e. The molecule has 0 aliphatic heterocycles. The molecular weight excluding hydrogens is 336 g/mol. The van der Waals surface area contributed by atoms with Gasteiger partial charge in [-0.2, -0.15) is 0 Å². The molecule has 4 aromatic rings. The summed E-state index contributed by atoms with van der Waals surface area (Å²) in [7, 11) is 0. The van der Waals surface area contributed by atoms with Gasteiger partial charge in [-0.25, -0.2) is 0 Å². The van der Waals surface area contributed by atoms with Crippen molar-refractivity contribution in [3.8, 4) is 5.88 Å². The van der Waals surface area contributed by atoms with Crippen molar-refractivity contribution in [2.75, 3.05) is 11.9 Å². The fourth-order valence-electron chi connectivity index (χ4n) is 2.98. The van der Waals surface area contributed by atoms with Crippen LogP contribution in [0.4, 0.5) is 11.4 Å². The van der Waals surface area contributed by atoms with Gasteiger partial charge >= 0.3 is 0 Å². The molecule has 0 spiro atoms. The molecule has 0 saturated heterocycles. The number of aliphatic imine (C=N–C) groups is 1. The summed E-state index contributed by atoms with van der Waals surface area (Å²) < 4.78 is 0. The predicted molar refractivity (Wildman–Crippen MR) is 110 cm³/mol. The third-order valence-corrected chi connectivity index (χ3v) is 4.40. The summed E-state index contributed by atoms with van der Waals surface area (Å²) in [6.45, 7) is 0.845. The first-order valence-corrected chi connectivity index (χ1v) is 8.86. The van der Waals surface area contributed by atoms with Crippen LogP contribution in [0.3, 0.4) is 0 Å². The molecule has 134 valence electrons. The molecule has 5 nitrogen and oxygen atoms in total. The molecule has 0 aliphatic rings. The Balaban J connectivity index is 1.40. The van der Waals surface area contributed by atoms with Gasteiger partial charge in [-0.1, -0.05) is 24.3 Å². The van der Waals surface area contributed by atoms with Crippen molar-refractivity contribution in [1.82, 2.24) is 9.97 Å². The Hall–Kier alpha value is -3.60. The lowest BCUT2D eigenvalue weighted by atomic mass is 10.2. The molecule has 0 amide bonds. The van der Waals surface area contributed by atoms with Gasteiger partial charge in [0.25, 0.3) is 0 Å². The molecule has 0 bridgehead atoms. The van der Waals surface area contributed by atoms with E-state index in [1.165, 1.54) is 5.56 Å². The van der Waals surface area contributed by atoms with E-state index in [4.69, 9.17) is 0 Å². The number of H-pyrrole nitrogens is 1. The van der Waals surface area contributed by atoms with Crippen LogP contribution in [-0.2, 0) is 6.42 Å². The van der Waals surface area contributed by atoms with Crippen LogP contribution in [0.2, 0.25) is 0 Å². The molecular formula is C22H20N4O. The minimum Gasteiger partial charge on any atom is -0.494 e. The van der Waals surface area contributed by atoms with Gasteiger partial charge in [-0.15, -0.1) is 0 Å². The monoisotopic (exact) mass is 356 g/mol. The highest BCUT2D eigenvalue weighted by atomic mass is 16.3. The lowest BCUT2D eigenvalue weighted by Gasteiger charge is -2.06. The number of fused-ring (bicyclic) bond motifs is 1. The maximum absolute atomic E-state index is 10.1.